The standard InChI is InChI=1S/C33H61NO6/c1-2-3-4-5-6-7-8-9-10-11-12-13-14-15-16-20-27-34(28-21-17-24-31(35)36,29-22-18-25-32(37)38)30-23-19-26-33(39)40/h5-6H,2-4,7-30H2,1H3,(H2-,35,36,37,38,39,40)/b6-5+. The molecule has 0 aromatic carbocycles. The van der Waals surface area contributed by atoms with Crippen molar-refractivity contribution in [1.82, 2.24) is 0 Å². The van der Waals surface area contributed by atoms with Crippen molar-refractivity contribution in [3.8, 4) is 0 Å². The van der Waals surface area contributed by atoms with Crippen LogP contribution in [0.1, 0.15) is 155 Å². The van der Waals surface area contributed by atoms with E-state index in [2.05, 4.69) is 19.1 Å². The smallest absolute Gasteiger partial charge is 0.303 e. The number of rotatable bonds is 31. The van der Waals surface area contributed by atoms with Gasteiger partial charge in [0.05, 0.1) is 26.2 Å². The topological polar surface area (TPSA) is 115 Å². The molecule has 0 amide bonds. The van der Waals surface area contributed by atoms with Gasteiger partial charge in [-0.05, 0) is 77.0 Å². The minimum Gasteiger partial charge on any atom is -0.550 e. The first-order valence-corrected chi connectivity index (χ1v) is 16.4. The summed E-state index contributed by atoms with van der Waals surface area (Å²) in [6.45, 7) is 5.84. The van der Waals surface area contributed by atoms with Crippen LogP contribution in [0.5, 0.6) is 0 Å². The third kappa shape index (κ3) is 26.3. The normalized spacial score (nSPS) is 11.8. The van der Waals surface area contributed by atoms with Gasteiger partial charge in [0, 0.05) is 18.8 Å². The molecule has 234 valence electrons. The lowest BCUT2D eigenvalue weighted by Gasteiger charge is -2.39. The van der Waals surface area contributed by atoms with E-state index in [0.717, 1.165) is 56.3 Å². The molecule has 0 aromatic rings. The number of nitrogens with zero attached hydrogens (tertiary/aromatic N) is 1. The maximum Gasteiger partial charge on any atom is 0.303 e. The van der Waals surface area contributed by atoms with Gasteiger partial charge in [-0.2, -0.15) is 0 Å². The molecule has 40 heavy (non-hydrogen) atoms. The number of hydrogen-bond acceptors (Lipinski definition) is 4. The number of carbonyl (C=O) groups excluding carboxylic acids is 1. The summed E-state index contributed by atoms with van der Waals surface area (Å²) < 4.78 is 0.847. The third-order valence-corrected chi connectivity index (χ3v) is 7.95. The van der Waals surface area contributed by atoms with E-state index in [1.165, 1.54) is 83.5 Å². The average molecular weight is 568 g/mol. The molecule has 0 aliphatic heterocycles. The Morgan fingerprint density at radius 1 is 0.525 bits per heavy atom. The maximum atomic E-state index is 11.0. The molecule has 2 N–H and O–H groups in total. The quantitative estimate of drug-likeness (QED) is 0.0517. The molecule has 0 saturated heterocycles. The Bertz CT molecular complexity index is 608. The Kier molecular flexibility index (Phi) is 26.0. The average Bonchev–Trinajstić information content (AvgIpc) is 2.91. The highest BCUT2D eigenvalue weighted by atomic mass is 16.4. The Balaban J connectivity index is 4.43. The maximum absolute atomic E-state index is 11.0. The fraction of sp³-hybridized carbons (Fsp3) is 0.848. The first-order chi connectivity index (χ1) is 19.3. The van der Waals surface area contributed by atoms with E-state index < -0.39 is 17.9 Å². The molecule has 0 fully saturated rings. The number of carboxylic acids is 3. The van der Waals surface area contributed by atoms with Gasteiger partial charge in [0.1, 0.15) is 0 Å². The van der Waals surface area contributed by atoms with Crippen LogP contribution in [0, 0.1) is 0 Å². The van der Waals surface area contributed by atoms with Crippen LogP contribution in [-0.4, -0.2) is 58.8 Å². The molecule has 0 aromatic heterocycles. The molecule has 0 unspecified atom stereocenters. The molecule has 7 nitrogen and oxygen atoms in total. The van der Waals surface area contributed by atoms with Gasteiger partial charge >= 0.3 is 11.9 Å². The fourth-order valence-electron chi connectivity index (χ4n) is 5.52. The van der Waals surface area contributed by atoms with Crippen molar-refractivity contribution in [2.45, 2.75) is 155 Å². The van der Waals surface area contributed by atoms with Gasteiger partial charge in [-0.15, -0.1) is 0 Å². The number of hydrogen-bond donors (Lipinski definition) is 2. The van der Waals surface area contributed by atoms with Crippen molar-refractivity contribution in [3.05, 3.63) is 12.2 Å². The second kappa shape index (κ2) is 27.3. The number of carbonyl (C=O) groups is 3. The van der Waals surface area contributed by atoms with Crippen LogP contribution in [0.2, 0.25) is 0 Å². The first kappa shape index (κ1) is 38.1. The zero-order valence-electron chi connectivity index (χ0n) is 25.7. The second-order valence-electron chi connectivity index (χ2n) is 11.7. The lowest BCUT2D eigenvalue weighted by Crippen LogP contribution is -2.51. The highest BCUT2D eigenvalue weighted by Crippen LogP contribution is 2.20. The summed E-state index contributed by atoms with van der Waals surface area (Å²) in [5.74, 6) is -2.57. The monoisotopic (exact) mass is 567 g/mol. The van der Waals surface area contributed by atoms with Crippen LogP contribution < -0.4 is 5.11 Å². The zero-order valence-corrected chi connectivity index (χ0v) is 25.7. The molecule has 7 heteroatoms. The Hall–Kier alpha value is -1.89. The van der Waals surface area contributed by atoms with Crippen molar-refractivity contribution >= 4 is 17.9 Å². The van der Waals surface area contributed by atoms with Crippen molar-refractivity contribution < 1.29 is 34.2 Å². The molecule has 0 aliphatic carbocycles. The minimum absolute atomic E-state index is 0.0636. The summed E-state index contributed by atoms with van der Waals surface area (Å²) in [6.07, 6.45) is 27.1. The number of carboxylic acid groups (broad SMARTS) is 3. The number of unbranched alkanes of at least 4 members (excludes halogenated alkanes) is 15. The molecule has 0 heterocycles. The van der Waals surface area contributed by atoms with E-state index in [-0.39, 0.29) is 19.3 Å². The minimum atomic E-state index is -1.02. The van der Waals surface area contributed by atoms with Gasteiger partial charge in [0.25, 0.3) is 0 Å². The molecule has 0 bridgehead atoms. The van der Waals surface area contributed by atoms with Crippen molar-refractivity contribution in [1.29, 1.82) is 0 Å². The van der Waals surface area contributed by atoms with Gasteiger partial charge in [-0.25, -0.2) is 0 Å². The highest BCUT2D eigenvalue weighted by molar-refractivity contribution is 5.66. The van der Waals surface area contributed by atoms with Gasteiger partial charge in [-0.3, -0.25) is 9.59 Å². The summed E-state index contributed by atoms with van der Waals surface area (Å²) in [4.78, 5) is 32.9. The van der Waals surface area contributed by atoms with Crippen LogP contribution in [0.15, 0.2) is 12.2 Å². The number of quaternary nitrogens is 1. The number of aliphatic carboxylic acids is 3. The molecule has 0 spiro atoms. The molecular weight excluding hydrogens is 506 g/mol. The largest absolute Gasteiger partial charge is 0.550 e. The summed E-state index contributed by atoms with van der Waals surface area (Å²) in [7, 11) is 0. The second-order valence-corrected chi connectivity index (χ2v) is 11.7. The van der Waals surface area contributed by atoms with Crippen molar-refractivity contribution in [2.24, 2.45) is 0 Å². The van der Waals surface area contributed by atoms with Crippen LogP contribution in [-0.2, 0) is 14.4 Å². The lowest BCUT2D eigenvalue weighted by atomic mass is 10.0. The summed E-state index contributed by atoms with van der Waals surface area (Å²) in [5.41, 5.74) is 0. The van der Waals surface area contributed by atoms with E-state index >= 15 is 0 Å². The van der Waals surface area contributed by atoms with E-state index in [9.17, 15) is 19.5 Å². The Morgan fingerprint density at radius 2 is 0.875 bits per heavy atom. The summed E-state index contributed by atoms with van der Waals surface area (Å²) in [5, 5.41) is 28.9. The number of allylic oxidation sites excluding steroid dienone is 2. The zero-order chi connectivity index (χ0) is 29.7. The van der Waals surface area contributed by atoms with Gasteiger partial charge in [-0.1, -0.05) is 76.9 Å². The van der Waals surface area contributed by atoms with Crippen molar-refractivity contribution in [3.63, 3.8) is 0 Å². The molecule has 0 radical (unpaired) electrons. The molecule has 0 aliphatic rings. The Morgan fingerprint density at radius 3 is 1.27 bits per heavy atom. The predicted molar refractivity (Wildman–Crippen MR) is 161 cm³/mol. The molecular formula is C33H61NO6. The van der Waals surface area contributed by atoms with Gasteiger partial charge < -0.3 is 24.6 Å². The van der Waals surface area contributed by atoms with Crippen LogP contribution in [0.4, 0.5) is 0 Å². The molecule has 0 rings (SSSR count). The summed E-state index contributed by atoms with van der Waals surface area (Å²) in [6, 6.07) is 0. The summed E-state index contributed by atoms with van der Waals surface area (Å²) >= 11 is 0. The Labute approximate surface area is 245 Å². The fourth-order valence-corrected chi connectivity index (χ4v) is 5.52. The highest BCUT2D eigenvalue weighted by Gasteiger charge is 2.26. The van der Waals surface area contributed by atoms with Crippen LogP contribution in [0.25, 0.3) is 0 Å². The molecule has 0 atom stereocenters. The van der Waals surface area contributed by atoms with E-state index in [1.54, 1.807) is 0 Å². The molecule has 0 saturated carbocycles. The first-order valence-electron chi connectivity index (χ1n) is 16.4. The predicted octanol–water partition coefficient (Wildman–Crippen LogP) is 7.27. The van der Waals surface area contributed by atoms with E-state index in [0.29, 0.717) is 19.3 Å². The lowest BCUT2D eigenvalue weighted by molar-refractivity contribution is -0.929. The van der Waals surface area contributed by atoms with Crippen molar-refractivity contribution in [2.75, 3.05) is 26.2 Å². The van der Waals surface area contributed by atoms with E-state index in [4.69, 9.17) is 10.2 Å². The van der Waals surface area contributed by atoms with Crippen LogP contribution >= 0.6 is 0 Å². The van der Waals surface area contributed by atoms with Crippen LogP contribution in [0.3, 0.4) is 0 Å². The van der Waals surface area contributed by atoms with Gasteiger partial charge in [0.15, 0.2) is 0 Å². The van der Waals surface area contributed by atoms with Gasteiger partial charge in [0.2, 0.25) is 0 Å². The van der Waals surface area contributed by atoms with E-state index in [1.807, 2.05) is 0 Å². The SMILES string of the molecule is CCCC/C=C/CCCCCCCCCCCC[N+](CCCCC(=O)[O-])(CCCCC(=O)O)CCCCC(=O)O. The third-order valence-electron chi connectivity index (χ3n) is 7.95.